The fourth-order valence-electron chi connectivity index (χ4n) is 6.07. The van der Waals surface area contributed by atoms with E-state index in [1.54, 1.807) is 0 Å². The molecule has 25 heavy (non-hydrogen) atoms. The normalized spacial score (nSPS) is 33.8. The average Bonchev–Trinajstić information content (AvgIpc) is 2.54. The average molecular weight is 341 g/mol. The Balaban J connectivity index is 1.37. The van der Waals surface area contributed by atoms with E-state index in [4.69, 9.17) is 0 Å². The summed E-state index contributed by atoms with van der Waals surface area (Å²) in [7, 11) is 4.03. The molecule has 4 bridgehead atoms. The number of carbonyl (C=O) groups is 1. The summed E-state index contributed by atoms with van der Waals surface area (Å²) in [5, 5.41) is 6.26. The molecule has 4 aliphatic carbocycles. The molecule has 0 aromatic heterocycles. The summed E-state index contributed by atoms with van der Waals surface area (Å²) in [6, 6.07) is 8.16. The number of benzene rings is 1. The van der Waals surface area contributed by atoms with Gasteiger partial charge < -0.3 is 15.5 Å². The maximum atomic E-state index is 12.5. The zero-order valence-corrected chi connectivity index (χ0v) is 15.7. The predicted molar refractivity (Wildman–Crippen MR) is 103 cm³/mol. The first-order valence-corrected chi connectivity index (χ1v) is 9.78. The maximum absolute atomic E-state index is 12.5. The third-order valence-corrected chi connectivity index (χ3v) is 6.99. The lowest BCUT2D eigenvalue weighted by atomic mass is 9.48. The van der Waals surface area contributed by atoms with Gasteiger partial charge in [-0.25, -0.2) is 4.79 Å². The van der Waals surface area contributed by atoms with E-state index < -0.39 is 0 Å². The van der Waals surface area contributed by atoms with Crippen molar-refractivity contribution in [3.05, 3.63) is 24.3 Å². The van der Waals surface area contributed by atoms with Crippen LogP contribution in [0.25, 0.3) is 0 Å². The van der Waals surface area contributed by atoms with Gasteiger partial charge in [0.1, 0.15) is 0 Å². The second-order valence-corrected chi connectivity index (χ2v) is 9.04. The molecule has 4 saturated carbocycles. The molecule has 2 amide bonds. The van der Waals surface area contributed by atoms with Crippen LogP contribution in [0, 0.1) is 23.2 Å². The molecule has 4 fully saturated rings. The van der Waals surface area contributed by atoms with E-state index in [1.165, 1.54) is 38.5 Å². The van der Waals surface area contributed by atoms with Gasteiger partial charge >= 0.3 is 6.03 Å². The Morgan fingerprint density at radius 2 is 1.56 bits per heavy atom. The van der Waals surface area contributed by atoms with Gasteiger partial charge in [0.2, 0.25) is 0 Å². The molecule has 0 radical (unpaired) electrons. The molecule has 2 N–H and O–H groups in total. The van der Waals surface area contributed by atoms with Crippen LogP contribution in [0.5, 0.6) is 0 Å². The predicted octanol–water partition coefficient (Wildman–Crippen LogP) is 4.48. The van der Waals surface area contributed by atoms with E-state index in [0.717, 1.165) is 29.1 Å². The van der Waals surface area contributed by atoms with Crippen LogP contribution in [0.15, 0.2) is 24.3 Å². The Labute approximate surface area is 151 Å². The lowest BCUT2D eigenvalue weighted by molar-refractivity contribution is -0.0679. The van der Waals surface area contributed by atoms with Crippen LogP contribution in [0.3, 0.4) is 0 Å². The first-order valence-electron chi connectivity index (χ1n) is 9.78. The lowest BCUT2D eigenvalue weighted by Crippen LogP contribution is -2.56. The Kier molecular flexibility index (Phi) is 4.17. The first kappa shape index (κ1) is 16.7. The Morgan fingerprint density at radius 1 is 1.04 bits per heavy atom. The molecule has 4 nitrogen and oxygen atoms in total. The van der Waals surface area contributed by atoms with Gasteiger partial charge in [0.15, 0.2) is 0 Å². The molecular weight excluding hydrogens is 310 g/mol. The van der Waals surface area contributed by atoms with Gasteiger partial charge in [-0.3, -0.25) is 0 Å². The van der Waals surface area contributed by atoms with Gasteiger partial charge in [0.05, 0.1) is 0 Å². The molecule has 1 aromatic carbocycles. The zero-order chi connectivity index (χ0) is 17.6. The first-order chi connectivity index (χ1) is 11.9. The van der Waals surface area contributed by atoms with Gasteiger partial charge in [-0.15, -0.1) is 0 Å². The second-order valence-electron chi connectivity index (χ2n) is 9.04. The molecule has 0 heterocycles. The number of nitrogens with zero attached hydrogens (tertiary/aromatic N) is 1. The van der Waals surface area contributed by atoms with Crippen LogP contribution in [-0.2, 0) is 0 Å². The summed E-state index contributed by atoms with van der Waals surface area (Å²) in [5.41, 5.74) is 2.33. The van der Waals surface area contributed by atoms with Crippen LogP contribution >= 0.6 is 0 Å². The molecule has 1 aromatic rings. The highest BCUT2D eigenvalue weighted by Gasteiger charge is 2.53. The Hall–Kier alpha value is -1.71. The van der Waals surface area contributed by atoms with Gasteiger partial charge in [-0.05, 0) is 92.9 Å². The molecule has 0 aliphatic heterocycles. The number of hydrogen-bond acceptors (Lipinski definition) is 2. The van der Waals surface area contributed by atoms with Gasteiger partial charge in [-0.2, -0.15) is 0 Å². The van der Waals surface area contributed by atoms with Crippen molar-refractivity contribution >= 4 is 17.4 Å². The van der Waals surface area contributed by atoms with E-state index in [-0.39, 0.29) is 12.1 Å². The van der Waals surface area contributed by atoms with Gasteiger partial charge in [0, 0.05) is 31.5 Å². The van der Waals surface area contributed by atoms with Crippen molar-refractivity contribution in [3.8, 4) is 0 Å². The van der Waals surface area contributed by atoms with Crippen molar-refractivity contribution in [2.24, 2.45) is 23.2 Å². The largest absolute Gasteiger partial charge is 0.378 e. The van der Waals surface area contributed by atoms with Crippen LogP contribution < -0.4 is 15.5 Å². The number of urea groups is 1. The van der Waals surface area contributed by atoms with Crippen molar-refractivity contribution in [2.45, 2.75) is 51.5 Å². The second kappa shape index (κ2) is 6.22. The summed E-state index contributed by atoms with van der Waals surface area (Å²) in [6.07, 6.45) is 8.27. The van der Waals surface area contributed by atoms with E-state index in [2.05, 4.69) is 22.5 Å². The summed E-state index contributed by atoms with van der Waals surface area (Å²) >= 11 is 0. The van der Waals surface area contributed by atoms with E-state index >= 15 is 0 Å². The molecule has 1 atom stereocenters. The molecule has 0 saturated heterocycles. The van der Waals surface area contributed by atoms with E-state index in [0.29, 0.717) is 5.41 Å². The monoisotopic (exact) mass is 341 g/mol. The standard InChI is InChI=1S/C21H31N3O/c1-14(21-11-15-8-16(12-21)10-17(9-15)13-21)22-20(25)23-18-4-6-19(7-5-18)24(2)3/h4-7,14-17H,8-13H2,1-3H3,(H2,22,23,25). The molecule has 136 valence electrons. The highest BCUT2D eigenvalue weighted by molar-refractivity contribution is 5.89. The Morgan fingerprint density at radius 3 is 2.04 bits per heavy atom. The number of hydrogen-bond donors (Lipinski definition) is 2. The van der Waals surface area contributed by atoms with Gasteiger partial charge in [0.25, 0.3) is 0 Å². The van der Waals surface area contributed by atoms with Crippen molar-refractivity contribution in [1.82, 2.24) is 5.32 Å². The van der Waals surface area contributed by atoms with Crippen LogP contribution in [0.2, 0.25) is 0 Å². The molecule has 0 spiro atoms. The van der Waals surface area contributed by atoms with Crippen LogP contribution in [-0.4, -0.2) is 26.2 Å². The molecule has 1 unspecified atom stereocenters. The molecule has 4 aliphatic rings. The minimum atomic E-state index is -0.0687. The quantitative estimate of drug-likeness (QED) is 0.848. The SMILES string of the molecule is CC(NC(=O)Nc1ccc(N(C)C)cc1)C12CC3CC(CC(C3)C1)C2. The molecular formula is C21H31N3O. The third kappa shape index (κ3) is 3.23. The van der Waals surface area contributed by atoms with Gasteiger partial charge in [-0.1, -0.05) is 0 Å². The number of carbonyl (C=O) groups excluding carboxylic acids is 1. The Bertz CT molecular complexity index is 602. The van der Waals surface area contributed by atoms with Crippen molar-refractivity contribution in [3.63, 3.8) is 0 Å². The van der Waals surface area contributed by atoms with Crippen molar-refractivity contribution in [1.29, 1.82) is 0 Å². The third-order valence-electron chi connectivity index (χ3n) is 6.99. The minimum Gasteiger partial charge on any atom is -0.378 e. The fourth-order valence-corrected chi connectivity index (χ4v) is 6.07. The van der Waals surface area contributed by atoms with Crippen LogP contribution in [0.1, 0.15) is 45.4 Å². The zero-order valence-electron chi connectivity index (χ0n) is 15.7. The van der Waals surface area contributed by atoms with E-state index in [9.17, 15) is 4.79 Å². The molecule has 5 rings (SSSR count). The number of nitrogens with one attached hydrogen (secondary N) is 2. The number of anilines is 2. The summed E-state index contributed by atoms with van der Waals surface area (Å²) < 4.78 is 0. The smallest absolute Gasteiger partial charge is 0.319 e. The highest BCUT2D eigenvalue weighted by Crippen LogP contribution is 2.61. The number of amides is 2. The summed E-state index contributed by atoms with van der Waals surface area (Å²) in [6.45, 7) is 2.22. The topological polar surface area (TPSA) is 44.4 Å². The molecule has 4 heteroatoms. The van der Waals surface area contributed by atoms with E-state index in [1.807, 2.05) is 38.4 Å². The minimum absolute atomic E-state index is 0.0687. The maximum Gasteiger partial charge on any atom is 0.319 e. The summed E-state index contributed by atoms with van der Waals surface area (Å²) in [4.78, 5) is 14.6. The van der Waals surface area contributed by atoms with Crippen molar-refractivity contribution in [2.75, 3.05) is 24.3 Å². The van der Waals surface area contributed by atoms with Crippen LogP contribution in [0.4, 0.5) is 16.2 Å². The number of rotatable bonds is 4. The fraction of sp³-hybridized carbons (Fsp3) is 0.667. The highest BCUT2D eigenvalue weighted by atomic mass is 16.2. The lowest BCUT2D eigenvalue weighted by Gasteiger charge is -2.59. The summed E-state index contributed by atoms with van der Waals surface area (Å²) in [5.74, 6) is 2.74. The van der Waals surface area contributed by atoms with Crippen molar-refractivity contribution < 1.29 is 4.79 Å².